The molecule has 27 heavy (non-hydrogen) atoms. The van der Waals surface area contributed by atoms with Crippen LogP contribution >= 0.6 is 12.4 Å². The lowest BCUT2D eigenvalue weighted by Gasteiger charge is -2.29. The number of hydrogen-bond acceptors (Lipinski definition) is 5. The highest BCUT2D eigenvalue weighted by molar-refractivity contribution is 5.95. The Morgan fingerprint density at radius 2 is 1.93 bits per heavy atom. The molecular weight excluding hydrogens is 370 g/mol. The summed E-state index contributed by atoms with van der Waals surface area (Å²) in [5.41, 5.74) is 6.30. The molecule has 2 aromatic rings. The van der Waals surface area contributed by atoms with E-state index in [9.17, 15) is 9.59 Å². The highest BCUT2D eigenvalue weighted by Crippen LogP contribution is 2.24. The lowest BCUT2D eigenvalue weighted by atomic mass is 10.1. The number of nitrogens with one attached hydrogen (secondary N) is 2. The van der Waals surface area contributed by atoms with Gasteiger partial charge in [0.1, 0.15) is 17.5 Å². The zero-order valence-corrected chi connectivity index (χ0v) is 15.6. The number of carbonyl (C=O) groups is 2. The van der Waals surface area contributed by atoms with Crippen molar-refractivity contribution in [3.05, 3.63) is 54.1 Å². The number of rotatable bonds is 5. The van der Waals surface area contributed by atoms with Crippen molar-refractivity contribution >= 4 is 29.9 Å². The van der Waals surface area contributed by atoms with Gasteiger partial charge in [-0.3, -0.25) is 9.59 Å². The minimum absolute atomic E-state index is 0. The second-order valence-electron chi connectivity index (χ2n) is 6.02. The van der Waals surface area contributed by atoms with Crippen LogP contribution in [0.5, 0.6) is 11.5 Å². The highest BCUT2D eigenvalue weighted by atomic mass is 35.5. The van der Waals surface area contributed by atoms with Crippen molar-refractivity contribution in [1.29, 1.82) is 0 Å². The molecule has 1 aliphatic rings. The van der Waals surface area contributed by atoms with E-state index >= 15 is 0 Å². The fourth-order valence-electron chi connectivity index (χ4n) is 2.70. The first-order valence-electron chi connectivity index (χ1n) is 8.36. The molecule has 1 saturated heterocycles. The summed E-state index contributed by atoms with van der Waals surface area (Å²) in [5.74, 6) is 0.440. The first kappa shape index (κ1) is 20.7. The van der Waals surface area contributed by atoms with E-state index in [0.29, 0.717) is 35.9 Å². The number of hydrogen-bond donors (Lipinski definition) is 3. The van der Waals surface area contributed by atoms with Gasteiger partial charge in [-0.25, -0.2) is 0 Å². The summed E-state index contributed by atoms with van der Waals surface area (Å²) in [6.45, 7) is 3.13. The van der Waals surface area contributed by atoms with Gasteiger partial charge in [0.15, 0.2) is 0 Å². The fraction of sp³-hybridized carbons (Fsp3) is 0.263. The quantitative estimate of drug-likeness (QED) is 0.725. The SMILES string of the molecule is C[C@H]1OCCN[C@@H]1C(=O)Nc1ccc(Oc2cccc(C(N)=O)c2)cc1.Cl. The van der Waals surface area contributed by atoms with Crippen LogP contribution in [0.15, 0.2) is 48.5 Å². The molecule has 1 aliphatic heterocycles. The molecule has 0 aliphatic carbocycles. The third-order valence-corrected chi connectivity index (χ3v) is 4.08. The Labute approximate surface area is 163 Å². The van der Waals surface area contributed by atoms with Gasteiger partial charge in [0.2, 0.25) is 11.8 Å². The molecule has 2 atom stereocenters. The van der Waals surface area contributed by atoms with E-state index in [1.165, 1.54) is 0 Å². The molecule has 8 heteroatoms. The van der Waals surface area contributed by atoms with Crippen molar-refractivity contribution in [3.8, 4) is 11.5 Å². The molecule has 0 spiro atoms. The average molecular weight is 392 g/mol. The normalized spacial score (nSPS) is 18.9. The number of morpholine rings is 1. The van der Waals surface area contributed by atoms with Gasteiger partial charge in [0, 0.05) is 17.8 Å². The lowest BCUT2D eigenvalue weighted by Crippen LogP contribution is -2.53. The number of amides is 2. The Balaban J connectivity index is 0.00000261. The number of primary amides is 1. The van der Waals surface area contributed by atoms with Crippen LogP contribution in [-0.2, 0) is 9.53 Å². The summed E-state index contributed by atoms with van der Waals surface area (Å²) < 4.78 is 11.2. The monoisotopic (exact) mass is 391 g/mol. The minimum atomic E-state index is -0.511. The van der Waals surface area contributed by atoms with Crippen LogP contribution in [0.3, 0.4) is 0 Å². The van der Waals surface area contributed by atoms with Gasteiger partial charge in [-0.15, -0.1) is 12.4 Å². The van der Waals surface area contributed by atoms with Crippen LogP contribution in [-0.4, -0.2) is 37.1 Å². The molecule has 2 amide bonds. The van der Waals surface area contributed by atoms with E-state index in [0.717, 1.165) is 0 Å². The second-order valence-corrected chi connectivity index (χ2v) is 6.02. The number of nitrogens with two attached hydrogens (primary N) is 1. The fourth-order valence-corrected chi connectivity index (χ4v) is 2.70. The van der Waals surface area contributed by atoms with Crippen LogP contribution in [0.1, 0.15) is 17.3 Å². The first-order valence-corrected chi connectivity index (χ1v) is 8.36. The highest BCUT2D eigenvalue weighted by Gasteiger charge is 2.28. The van der Waals surface area contributed by atoms with Gasteiger partial charge in [-0.1, -0.05) is 6.07 Å². The van der Waals surface area contributed by atoms with Gasteiger partial charge >= 0.3 is 0 Å². The zero-order valence-electron chi connectivity index (χ0n) is 14.8. The number of anilines is 1. The zero-order chi connectivity index (χ0) is 18.5. The van der Waals surface area contributed by atoms with Crippen LogP contribution < -0.4 is 21.1 Å². The standard InChI is InChI=1S/C19H21N3O4.ClH/c1-12-17(21-9-10-25-12)19(24)22-14-5-7-15(8-6-14)26-16-4-2-3-13(11-16)18(20)23;/h2-8,11-12,17,21H,9-10H2,1H3,(H2,20,23)(H,22,24);1H/t12-,17+;/m1./s1. The topological polar surface area (TPSA) is 103 Å². The molecule has 3 rings (SSSR count). The summed E-state index contributed by atoms with van der Waals surface area (Å²) in [4.78, 5) is 23.5. The van der Waals surface area contributed by atoms with Gasteiger partial charge in [0.25, 0.3) is 0 Å². The molecule has 0 radical (unpaired) electrons. The Bertz CT molecular complexity index is 798. The predicted molar refractivity (Wildman–Crippen MR) is 105 cm³/mol. The summed E-state index contributed by atoms with van der Waals surface area (Å²) in [6.07, 6.45) is -0.177. The molecule has 144 valence electrons. The van der Waals surface area contributed by atoms with E-state index in [4.69, 9.17) is 15.2 Å². The molecule has 7 nitrogen and oxygen atoms in total. The molecule has 0 unspecified atom stereocenters. The summed E-state index contributed by atoms with van der Waals surface area (Å²) >= 11 is 0. The van der Waals surface area contributed by atoms with Crippen molar-refractivity contribution in [2.75, 3.05) is 18.5 Å². The molecular formula is C19H22ClN3O4. The molecule has 1 fully saturated rings. The first-order chi connectivity index (χ1) is 12.5. The van der Waals surface area contributed by atoms with Crippen LogP contribution in [0.25, 0.3) is 0 Å². The van der Waals surface area contributed by atoms with Crippen LogP contribution in [0.2, 0.25) is 0 Å². The van der Waals surface area contributed by atoms with Gasteiger partial charge in [-0.2, -0.15) is 0 Å². The number of carbonyl (C=O) groups excluding carboxylic acids is 2. The summed E-state index contributed by atoms with van der Waals surface area (Å²) in [5, 5.41) is 6.01. The Hall–Kier alpha value is -2.61. The van der Waals surface area contributed by atoms with Gasteiger partial charge in [0.05, 0.1) is 12.7 Å². The Kier molecular flexibility index (Phi) is 7.18. The average Bonchev–Trinajstić information content (AvgIpc) is 2.64. The summed E-state index contributed by atoms with van der Waals surface area (Å²) in [7, 11) is 0. The summed E-state index contributed by atoms with van der Waals surface area (Å²) in [6, 6.07) is 13.2. The van der Waals surface area contributed by atoms with Crippen LogP contribution in [0.4, 0.5) is 5.69 Å². The molecule has 2 aromatic carbocycles. The molecule has 1 heterocycles. The lowest BCUT2D eigenvalue weighted by molar-refractivity contribution is -0.123. The molecule has 0 saturated carbocycles. The maximum atomic E-state index is 12.3. The van der Waals surface area contributed by atoms with E-state index in [1.807, 2.05) is 6.92 Å². The molecule has 0 aromatic heterocycles. The maximum absolute atomic E-state index is 12.3. The van der Waals surface area contributed by atoms with Crippen molar-refractivity contribution in [2.45, 2.75) is 19.1 Å². The number of benzene rings is 2. The minimum Gasteiger partial charge on any atom is -0.457 e. The Morgan fingerprint density at radius 3 is 2.59 bits per heavy atom. The number of ether oxygens (including phenoxy) is 2. The third kappa shape index (κ3) is 5.43. The maximum Gasteiger partial charge on any atom is 0.248 e. The molecule has 0 bridgehead atoms. The van der Waals surface area contributed by atoms with Crippen molar-refractivity contribution in [2.24, 2.45) is 5.73 Å². The second kappa shape index (κ2) is 9.36. The predicted octanol–water partition coefficient (Wildman–Crippen LogP) is 2.31. The van der Waals surface area contributed by atoms with Gasteiger partial charge in [-0.05, 0) is 49.4 Å². The smallest absolute Gasteiger partial charge is 0.248 e. The van der Waals surface area contributed by atoms with Crippen LogP contribution in [0, 0.1) is 0 Å². The number of halogens is 1. The van der Waals surface area contributed by atoms with E-state index in [2.05, 4.69) is 10.6 Å². The van der Waals surface area contributed by atoms with Crippen molar-refractivity contribution in [1.82, 2.24) is 5.32 Å². The van der Waals surface area contributed by atoms with Gasteiger partial charge < -0.3 is 25.8 Å². The van der Waals surface area contributed by atoms with E-state index in [-0.39, 0.29) is 30.5 Å². The van der Waals surface area contributed by atoms with Crippen molar-refractivity contribution < 1.29 is 19.1 Å². The Morgan fingerprint density at radius 1 is 1.19 bits per heavy atom. The molecule has 4 N–H and O–H groups in total. The third-order valence-electron chi connectivity index (χ3n) is 4.08. The van der Waals surface area contributed by atoms with Crippen molar-refractivity contribution in [3.63, 3.8) is 0 Å². The largest absolute Gasteiger partial charge is 0.457 e. The van der Waals surface area contributed by atoms with E-state index in [1.54, 1.807) is 48.5 Å². The van der Waals surface area contributed by atoms with E-state index < -0.39 is 5.91 Å².